The molecule has 6 nitrogen and oxygen atoms in total. The van der Waals surface area contributed by atoms with Crippen LogP contribution in [0.5, 0.6) is 0 Å². The quantitative estimate of drug-likeness (QED) is 0.454. The minimum absolute atomic E-state index is 0.367. The smallest absolute Gasteiger partial charge is 0.221 e. The Kier molecular flexibility index (Phi) is 4.08. The fourth-order valence-corrected chi connectivity index (χ4v) is 1.85. The number of hydrogen-bond acceptors (Lipinski definition) is 4. The first-order chi connectivity index (χ1) is 9.06. The maximum Gasteiger partial charge on any atom is 0.221 e. The topological polar surface area (TPSA) is 90.4 Å². The fraction of sp³-hybridized carbons (Fsp3) is 0.167. The van der Waals surface area contributed by atoms with Crippen LogP contribution >= 0.6 is 0 Å². The second kappa shape index (κ2) is 5.77. The van der Waals surface area contributed by atoms with Crippen molar-refractivity contribution in [1.29, 1.82) is 0 Å². The van der Waals surface area contributed by atoms with Crippen LogP contribution in [0, 0.1) is 6.92 Å². The molecule has 7 heteroatoms. The second-order valence-corrected chi connectivity index (χ2v) is 4.97. The van der Waals surface area contributed by atoms with Crippen LogP contribution in [0.1, 0.15) is 18.2 Å². The molecule has 2 aromatic rings. The summed E-state index contributed by atoms with van der Waals surface area (Å²) in [4.78, 5) is 7.44. The molecule has 0 aliphatic heterocycles. The number of aryl methyl sites for hydroxylation is 1. The van der Waals surface area contributed by atoms with Crippen molar-refractivity contribution >= 4 is 22.7 Å². The number of benzene rings is 1. The Labute approximate surface area is 113 Å². The predicted octanol–water partition coefficient (Wildman–Crippen LogP) is 2.13. The van der Waals surface area contributed by atoms with Gasteiger partial charge in [0.1, 0.15) is 0 Å². The summed E-state index contributed by atoms with van der Waals surface area (Å²) in [6.45, 7) is 3.75. The van der Waals surface area contributed by atoms with Crippen molar-refractivity contribution in [2.24, 2.45) is 5.10 Å². The molecule has 0 saturated carbocycles. The van der Waals surface area contributed by atoms with E-state index in [9.17, 15) is 4.21 Å². The molecular formula is C12H14N4O2S. The van der Waals surface area contributed by atoms with Gasteiger partial charge in [-0.2, -0.15) is 5.10 Å². The van der Waals surface area contributed by atoms with Crippen LogP contribution in [-0.4, -0.2) is 24.4 Å². The molecule has 0 saturated heterocycles. The van der Waals surface area contributed by atoms with E-state index in [1.807, 2.05) is 13.8 Å². The minimum atomic E-state index is -1.95. The van der Waals surface area contributed by atoms with Crippen molar-refractivity contribution in [3.8, 4) is 0 Å². The van der Waals surface area contributed by atoms with E-state index in [0.717, 1.165) is 17.0 Å². The highest BCUT2D eigenvalue weighted by atomic mass is 32.2. The van der Waals surface area contributed by atoms with Gasteiger partial charge in [-0.25, -0.2) is 14.6 Å². The zero-order valence-electron chi connectivity index (χ0n) is 10.5. The molecule has 0 bridgehead atoms. The Morgan fingerprint density at radius 3 is 2.63 bits per heavy atom. The lowest BCUT2D eigenvalue weighted by Gasteiger charge is -2.02. The zero-order valence-corrected chi connectivity index (χ0v) is 11.4. The Bertz CT molecular complexity index is 619. The molecule has 3 N–H and O–H groups in total. The molecule has 0 amide bonds. The molecule has 0 radical (unpaired) electrons. The summed E-state index contributed by atoms with van der Waals surface area (Å²) in [5.41, 5.74) is 5.38. The number of nitrogens with one attached hydrogen (secondary N) is 2. The monoisotopic (exact) mass is 278 g/mol. The van der Waals surface area contributed by atoms with E-state index < -0.39 is 11.1 Å². The van der Waals surface area contributed by atoms with E-state index in [0.29, 0.717) is 10.8 Å². The van der Waals surface area contributed by atoms with Crippen molar-refractivity contribution in [3.05, 3.63) is 41.7 Å². The van der Waals surface area contributed by atoms with E-state index in [-0.39, 0.29) is 0 Å². The van der Waals surface area contributed by atoms with Gasteiger partial charge in [0, 0.05) is 11.9 Å². The van der Waals surface area contributed by atoms with E-state index in [1.165, 1.54) is 0 Å². The SMILES string of the molecule is C/C(=N\Nc1ncc(C)[nH]1)c1ccc(S(=O)O)cc1. The summed E-state index contributed by atoms with van der Waals surface area (Å²) in [6, 6.07) is 6.69. The van der Waals surface area contributed by atoms with Crippen molar-refractivity contribution in [2.75, 3.05) is 5.43 Å². The lowest BCUT2D eigenvalue weighted by Crippen LogP contribution is -2.01. The third-order valence-electron chi connectivity index (χ3n) is 2.51. The summed E-state index contributed by atoms with van der Waals surface area (Å²) in [5, 5.41) is 4.19. The Morgan fingerprint density at radius 1 is 1.42 bits per heavy atom. The van der Waals surface area contributed by atoms with E-state index in [4.69, 9.17) is 4.55 Å². The van der Waals surface area contributed by atoms with Crippen LogP contribution < -0.4 is 5.43 Å². The maximum atomic E-state index is 10.9. The normalized spacial score (nSPS) is 13.3. The van der Waals surface area contributed by atoms with Crippen LogP contribution in [-0.2, 0) is 11.1 Å². The number of aromatic amines is 1. The molecule has 1 unspecified atom stereocenters. The van der Waals surface area contributed by atoms with Gasteiger partial charge in [0.2, 0.25) is 5.95 Å². The average molecular weight is 278 g/mol. The summed E-state index contributed by atoms with van der Waals surface area (Å²) >= 11 is -1.95. The van der Waals surface area contributed by atoms with E-state index in [1.54, 1.807) is 30.5 Å². The molecule has 1 heterocycles. The number of hydrazone groups is 1. The minimum Gasteiger partial charge on any atom is -0.327 e. The van der Waals surface area contributed by atoms with E-state index >= 15 is 0 Å². The molecule has 100 valence electrons. The third kappa shape index (κ3) is 3.49. The predicted molar refractivity (Wildman–Crippen MR) is 74.6 cm³/mol. The van der Waals surface area contributed by atoms with Gasteiger partial charge in [0.15, 0.2) is 11.1 Å². The Balaban J connectivity index is 2.10. The number of rotatable bonds is 4. The van der Waals surface area contributed by atoms with Crippen LogP contribution in [0.3, 0.4) is 0 Å². The summed E-state index contributed by atoms with van der Waals surface area (Å²) in [7, 11) is 0. The zero-order chi connectivity index (χ0) is 13.8. The molecule has 0 aliphatic rings. The number of hydrogen-bond donors (Lipinski definition) is 3. The molecule has 19 heavy (non-hydrogen) atoms. The highest BCUT2D eigenvalue weighted by Crippen LogP contribution is 2.09. The fourth-order valence-electron chi connectivity index (χ4n) is 1.48. The number of nitrogens with zero attached hydrogens (tertiary/aromatic N) is 2. The lowest BCUT2D eigenvalue weighted by atomic mass is 10.1. The van der Waals surface area contributed by atoms with Crippen molar-refractivity contribution < 1.29 is 8.76 Å². The largest absolute Gasteiger partial charge is 0.327 e. The number of aromatic nitrogens is 2. The van der Waals surface area contributed by atoms with Gasteiger partial charge in [-0.15, -0.1) is 0 Å². The number of H-pyrrole nitrogens is 1. The molecule has 2 rings (SSSR count). The molecular weight excluding hydrogens is 264 g/mol. The van der Waals surface area contributed by atoms with Gasteiger partial charge in [-0.3, -0.25) is 0 Å². The summed E-state index contributed by atoms with van der Waals surface area (Å²) in [5.74, 6) is 0.574. The van der Waals surface area contributed by atoms with E-state index in [2.05, 4.69) is 20.5 Å². The second-order valence-electron chi connectivity index (χ2n) is 4.00. The highest BCUT2D eigenvalue weighted by molar-refractivity contribution is 7.79. The first kappa shape index (κ1) is 13.4. The lowest BCUT2D eigenvalue weighted by molar-refractivity contribution is 0.564. The number of anilines is 1. The van der Waals surface area contributed by atoms with Crippen molar-refractivity contribution in [1.82, 2.24) is 9.97 Å². The molecule has 0 spiro atoms. The molecule has 1 atom stereocenters. The number of imidazole rings is 1. The highest BCUT2D eigenvalue weighted by Gasteiger charge is 2.02. The first-order valence-electron chi connectivity index (χ1n) is 5.59. The summed E-state index contributed by atoms with van der Waals surface area (Å²) in [6.07, 6.45) is 1.71. The Hall–Kier alpha value is -1.99. The first-order valence-corrected chi connectivity index (χ1v) is 6.70. The van der Waals surface area contributed by atoms with Crippen molar-refractivity contribution in [3.63, 3.8) is 0 Å². The van der Waals surface area contributed by atoms with Crippen molar-refractivity contribution in [2.45, 2.75) is 18.7 Å². The van der Waals surface area contributed by atoms with Crippen LogP contribution in [0.15, 0.2) is 40.5 Å². The molecule has 0 aliphatic carbocycles. The standard InChI is InChI=1S/C12H14N4O2S/c1-8-7-13-12(14-8)16-15-9(2)10-3-5-11(6-4-10)19(17)18/h3-7H,1-2H3,(H,17,18)(H2,13,14,16)/b15-9+. The van der Waals surface area contributed by atoms with Gasteiger partial charge in [0.25, 0.3) is 0 Å². The van der Waals surface area contributed by atoms with Gasteiger partial charge in [-0.1, -0.05) is 12.1 Å². The molecule has 1 aromatic carbocycles. The Morgan fingerprint density at radius 2 is 2.11 bits per heavy atom. The van der Waals surface area contributed by atoms with Crippen LogP contribution in [0.4, 0.5) is 5.95 Å². The third-order valence-corrected chi connectivity index (χ3v) is 3.18. The van der Waals surface area contributed by atoms with Gasteiger partial charge in [-0.05, 0) is 31.5 Å². The van der Waals surface area contributed by atoms with Gasteiger partial charge in [0.05, 0.1) is 10.6 Å². The maximum absolute atomic E-state index is 10.9. The molecule has 0 fully saturated rings. The average Bonchev–Trinajstić information content (AvgIpc) is 2.82. The van der Waals surface area contributed by atoms with Gasteiger partial charge < -0.3 is 9.54 Å². The van der Waals surface area contributed by atoms with Gasteiger partial charge >= 0.3 is 0 Å². The van der Waals surface area contributed by atoms with Crippen LogP contribution in [0.2, 0.25) is 0 Å². The molecule has 1 aromatic heterocycles. The summed E-state index contributed by atoms with van der Waals surface area (Å²) < 4.78 is 19.8. The van der Waals surface area contributed by atoms with Crippen LogP contribution in [0.25, 0.3) is 0 Å².